The van der Waals surface area contributed by atoms with Gasteiger partial charge in [0.1, 0.15) is 5.82 Å². The Morgan fingerprint density at radius 1 is 1.32 bits per heavy atom. The van der Waals surface area contributed by atoms with Crippen molar-refractivity contribution in [1.82, 2.24) is 9.88 Å². The summed E-state index contributed by atoms with van der Waals surface area (Å²) in [6.07, 6.45) is 4.87. The molecule has 1 aromatic carbocycles. The largest absolute Gasteiger partial charge is 0.370 e. The van der Waals surface area contributed by atoms with E-state index in [1.807, 2.05) is 35.2 Å². The predicted octanol–water partition coefficient (Wildman–Crippen LogP) is 4.26. The molecular formula is C20H24ClN3O. The third-order valence-corrected chi connectivity index (χ3v) is 4.84. The van der Waals surface area contributed by atoms with E-state index in [-0.39, 0.29) is 5.91 Å². The Morgan fingerprint density at radius 3 is 2.88 bits per heavy atom. The lowest BCUT2D eigenvalue weighted by molar-refractivity contribution is 0.0683. The van der Waals surface area contributed by atoms with Gasteiger partial charge in [-0.25, -0.2) is 4.98 Å². The van der Waals surface area contributed by atoms with Crippen LogP contribution in [0, 0.1) is 5.92 Å². The van der Waals surface area contributed by atoms with E-state index in [9.17, 15) is 4.79 Å². The summed E-state index contributed by atoms with van der Waals surface area (Å²) in [4.78, 5) is 19.0. The molecule has 1 amide bonds. The summed E-state index contributed by atoms with van der Waals surface area (Å²) < 4.78 is 0. The summed E-state index contributed by atoms with van der Waals surface area (Å²) in [5.74, 6) is 1.43. The number of pyridine rings is 1. The van der Waals surface area contributed by atoms with Crippen LogP contribution in [0.15, 0.2) is 42.6 Å². The number of rotatable bonds is 5. The number of nitrogens with one attached hydrogen (secondary N) is 1. The molecule has 25 heavy (non-hydrogen) atoms. The lowest BCUT2D eigenvalue weighted by Gasteiger charge is -2.31. The number of benzene rings is 1. The summed E-state index contributed by atoms with van der Waals surface area (Å²) in [7, 11) is 0. The van der Waals surface area contributed by atoms with Gasteiger partial charge in [0, 0.05) is 36.4 Å². The average molecular weight is 358 g/mol. The second-order valence-corrected chi connectivity index (χ2v) is 7.17. The van der Waals surface area contributed by atoms with Crippen LogP contribution in [0.3, 0.4) is 0 Å². The molecule has 1 fully saturated rings. The second-order valence-electron chi connectivity index (χ2n) is 6.73. The lowest BCUT2D eigenvalue weighted by Crippen LogP contribution is -2.39. The van der Waals surface area contributed by atoms with Gasteiger partial charge in [-0.15, -0.1) is 0 Å². The van der Waals surface area contributed by atoms with Crippen LogP contribution < -0.4 is 5.32 Å². The van der Waals surface area contributed by atoms with E-state index in [1.165, 1.54) is 12.0 Å². The average Bonchev–Trinajstić information content (AvgIpc) is 2.63. The first-order valence-electron chi connectivity index (χ1n) is 8.85. The summed E-state index contributed by atoms with van der Waals surface area (Å²) in [6, 6.07) is 11.5. The Labute approximate surface area is 154 Å². The minimum Gasteiger partial charge on any atom is -0.370 e. The van der Waals surface area contributed by atoms with Crippen molar-refractivity contribution in [3.05, 3.63) is 58.7 Å². The summed E-state index contributed by atoms with van der Waals surface area (Å²) >= 11 is 5.90. The van der Waals surface area contributed by atoms with Gasteiger partial charge in [0.05, 0.1) is 0 Å². The molecule has 1 aromatic heterocycles. The third-order valence-electron chi connectivity index (χ3n) is 4.58. The van der Waals surface area contributed by atoms with Crippen LogP contribution in [0.1, 0.15) is 35.7 Å². The number of hydrogen-bond acceptors (Lipinski definition) is 3. The van der Waals surface area contributed by atoms with Crippen molar-refractivity contribution in [2.24, 2.45) is 5.92 Å². The fourth-order valence-corrected chi connectivity index (χ4v) is 3.33. The van der Waals surface area contributed by atoms with E-state index < -0.39 is 0 Å². The summed E-state index contributed by atoms with van der Waals surface area (Å²) in [5.41, 5.74) is 1.92. The van der Waals surface area contributed by atoms with Crippen molar-refractivity contribution < 1.29 is 4.79 Å². The molecule has 1 N–H and O–H groups in total. The molecule has 4 nitrogen and oxygen atoms in total. The first kappa shape index (κ1) is 17.7. The molecule has 5 heteroatoms. The number of anilines is 1. The number of carbonyl (C=O) groups excluding carboxylic acids is 1. The molecule has 0 saturated carbocycles. The predicted molar refractivity (Wildman–Crippen MR) is 102 cm³/mol. The van der Waals surface area contributed by atoms with Crippen molar-refractivity contribution in [2.45, 2.75) is 26.2 Å². The van der Waals surface area contributed by atoms with E-state index in [1.54, 1.807) is 12.3 Å². The van der Waals surface area contributed by atoms with E-state index >= 15 is 0 Å². The first-order chi connectivity index (χ1) is 12.1. The zero-order valence-corrected chi connectivity index (χ0v) is 15.3. The molecule has 1 aliphatic heterocycles. The van der Waals surface area contributed by atoms with Crippen LogP contribution in [0.25, 0.3) is 0 Å². The highest BCUT2D eigenvalue weighted by Gasteiger charge is 2.22. The number of hydrogen-bond donors (Lipinski definition) is 1. The van der Waals surface area contributed by atoms with Crippen molar-refractivity contribution in [3.63, 3.8) is 0 Å². The quantitative estimate of drug-likeness (QED) is 0.869. The maximum atomic E-state index is 12.7. The van der Waals surface area contributed by atoms with Crippen LogP contribution in [0.2, 0.25) is 5.02 Å². The second kappa shape index (κ2) is 8.34. The number of carbonyl (C=O) groups is 1. The fraction of sp³-hybridized carbons (Fsp3) is 0.400. The van der Waals surface area contributed by atoms with Crippen LogP contribution in [-0.2, 0) is 6.42 Å². The smallest absolute Gasteiger partial charge is 0.254 e. The molecule has 0 spiro atoms. The first-order valence-corrected chi connectivity index (χ1v) is 9.23. The highest BCUT2D eigenvalue weighted by Crippen LogP contribution is 2.19. The van der Waals surface area contributed by atoms with Crippen LogP contribution in [-0.4, -0.2) is 35.4 Å². The maximum Gasteiger partial charge on any atom is 0.254 e. The molecule has 2 heterocycles. The number of amides is 1. The number of piperidine rings is 1. The summed E-state index contributed by atoms with van der Waals surface area (Å²) in [5, 5.41) is 4.05. The SMILES string of the molecule is CC1CCCN(C(=O)c2ccnc(NCCc3ccc(Cl)cc3)c2)C1. The molecule has 2 aromatic rings. The minimum absolute atomic E-state index is 0.106. The summed E-state index contributed by atoms with van der Waals surface area (Å²) in [6.45, 7) is 4.66. The Morgan fingerprint density at radius 2 is 2.12 bits per heavy atom. The van der Waals surface area contributed by atoms with Gasteiger partial charge in [-0.3, -0.25) is 4.79 Å². The van der Waals surface area contributed by atoms with Gasteiger partial charge in [0.15, 0.2) is 0 Å². The number of aromatic nitrogens is 1. The molecule has 0 radical (unpaired) electrons. The zero-order chi connectivity index (χ0) is 17.6. The monoisotopic (exact) mass is 357 g/mol. The Bertz CT molecular complexity index is 717. The Hall–Kier alpha value is -2.07. The van der Waals surface area contributed by atoms with Crippen molar-refractivity contribution in [1.29, 1.82) is 0 Å². The Balaban J connectivity index is 1.57. The van der Waals surface area contributed by atoms with Gasteiger partial charge >= 0.3 is 0 Å². The van der Waals surface area contributed by atoms with Gasteiger partial charge in [-0.1, -0.05) is 30.7 Å². The highest BCUT2D eigenvalue weighted by molar-refractivity contribution is 6.30. The minimum atomic E-state index is 0.106. The lowest BCUT2D eigenvalue weighted by atomic mass is 9.99. The van der Waals surface area contributed by atoms with Crippen molar-refractivity contribution >= 4 is 23.3 Å². The maximum absolute atomic E-state index is 12.7. The van der Waals surface area contributed by atoms with Crippen LogP contribution in [0.4, 0.5) is 5.82 Å². The van der Waals surface area contributed by atoms with Crippen molar-refractivity contribution in [2.75, 3.05) is 25.0 Å². The molecule has 3 rings (SSSR count). The molecule has 0 bridgehead atoms. The molecule has 0 aliphatic carbocycles. The van der Waals surface area contributed by atoms with Crippen LogP contribution >= 0.6 is 11.6 Å². The normalized spacial score (nSPS) is 17.4. The molecule has 1 saturated heterocycles. The van der Waals surface area contributed by atoms with Gasteiger partial charge in [0.25, 0.3) is 5.91 Å². The number of halogens is 1. The molecule has 1 aliphatic rings. The van der Waals surface area contributed by atoms with Gasteiger partial charge in [-0.05, 0) is 55.0 Å². The van der Waals surface area contributed by atoms with Crippen molar-refractivity contribution in [3.8, 4) is 0 Å². The highest BCUT2D eigenvalue weighted by atomic mass is 35.5. The third kappa shape index (κ3) is 4.95. The Kier molecular flexibility index (Phi) is 5.92. The molecular weight excluding hydrogens is 334 g/mol. The van der Waals surface area contributed by atoms with E-state index in [4.69, 9.17) is 11.6 Å². The van der Waals surface area contributed by atoms with Crippen LogP contribution in [0.5, 0.6) is 0 Å². The topological polar surface area (TPSA) is 45.2 Å². The molecule has 1 unspecified atom stereocenters. The van der Waals surface area contributed by atoms with Gasteiger partial charge < -0.3 is 10.2 Å². The van der Waals surface area contributed by atoms with Gasteiger partial charge in [-0.2, -0.15) is 0 Å². The van der Waals surface area contributed by atoms with Gasteiger partial charge in [0.2, 0.25) is 0 Å². The van der Waals surface area contributed by atoms with E-state index in [0.29, 0.717) is 11.5 Å². The van der Waals surface area contributed by atoms with E-state index in [2.05, 4.69) is 17.2 Å². The number of likely N-dealkylation sites (tertiary alicyclic amines) is 1. The fourth-order valence-electron chi connectivity index (χ4n) is 3.20. The standard InChI is InChI=1S/C20H24ClN3O/c1-15-3-2-12-24(14-15)20(25)17-9-11-23-19(13-17)22-10-8-16-4-6-18(21)7-5-16/h4-7,9,11,13,15H,2-3,8,10,12,14H2,1H3,(H,22,23). The molecule has 1 atom stereocenters. The zero-order valence-electron chi connectivity index (χ0n) is 14.5. The number of nitrogens with zero attached hydrogens (tertiary/aromatic N) is 2. The van der Waals surface area contributed by atoms with E-state index in [0.717, 1.165) is 43.3 Å². The molecule has 132 valence electrons.